The fourth-order valence-corrected chi connectivity index (χ4v) is 1.48. The number of nitrogens with zero attached hydrogens (tertiary/aromatic N) is 3. The van der Waals surface area contributed by atoms with Crippen molar-refractivity contribution in [2.24, 2.45) is 12.8 Å². The lowest BCUT2D eigenvalue weighted by Gasteiger charge is -2.06. The number of aromatic nitrogens is 3. The van der Waals surface area contributed by atoms with Gasteiger partial charge in [-0.3, -0.25) is 4.68 Å². The zero-order valence-corrected chi connectivity index (χ0v) is 9.48. The number of hydrogen-bond acceptors (Lipinski definition) is 4. The average Bonchev–Trinajstić information content (AvgIpc) is 2.67. The highest BCUT2D eigenvalue weighted by molar-refractivity contribution is 6.32. The summed E-state index contributed by atoms with van der Waals surface area (Å²) in [4.78, 5) is 4.04. The largest absolute Gasteiger partial charge is 0.434 e. The van der Waals surface area contributed by atoms with Crippen molar-refractivity contribution in [1.29, 1.82) is 0 Å². The first kappa shape index (κ1) is 10.9. The van der Waals surface area contributed by atoms with Crippen molar-refractivity contribution in [1.82, 2.24) is 14.8 Å². The molecule has 0 radical (unpaired) electrons. The molecular weight excluding hydrogens is 228 g/mol. The molecule has 0 amide bonds. The molecule has 6 heteroatoms. The average molecular weight is 239 g/mol. The Morgan fingerprint density at radius 3 is 3.00 bits per heavy atom. The van der Waals surface area contributed by atoms with E-state index in [-0.39, 0.29) is 0 Å². The van der Waals surface area contributed by atoms with E-state index in [1.165, 1.54) is 0 Å². The molecule has 5 nitrogen and oxygen atoms in total. The van der Waals surface area contributed by atoms with Gasteiger partial charge in [-0.15, -0.1) is 0 Å². The molecule has 0 saturated heterocycles. The molecule has 0 spiro atoms. The Balaban J connectivity index is 2.28. The number of hydrogen-bond donors (Lipinski definition) is 1. The van der Waals surface area contributed by atoms with Gasteiger partial charge in [0, 0.05) is 19.8 Å². The van der Waals surface area contributed by atoms with Crippen LogP contribution in [0.25, 0.3) is 0 Å². The molecule has 0 unspecified atom stereocenters. The van der Waals surface area contributed by atoms with Crippen molar-refractivity contribution < 1.29 is 4.74 Å². The minimum Gasteiger partial charge on any atom is -0.434 e. The number of rotatable bonds is 3. The van der Waals surface area contributed by atoms with Crippen LogP contribution in [0.4, 0.5) is 0 Å². The summed E-state index contributed by atoms with van der Waals surface area (Å²) in [5, 5.41) is 4.42. The summed E-state index contributed by atoms with van der Waals surface area (Å²) in [7, 11) is 1.80. The molecule has 0 aromatic carbocycles. The number of ether oxygens (including phenoxy) is 1. The molecule has 0 aliphatic rings. The van der Waals surface area contributed by atoms with Crippen LogP contribution in [-0.2, 0) is 13.6 Å². The molecule has 0 aliphatic heterocycles. The third-order valence-electron chi connectivity index (χ3n) is 2.05. The fraction of sp³-hybridized carbons (Fsp3) is 0.200. The van der Waals surface area contributed by atoms with E-state index in [9.17, 15) is 0 Å². The zero-order valence-electron chi connectivity index (χ0n) is 8.72. The Kier molecular flexibility index (Phi) is 3.07. The van der Waals surface area contributed by atoms with Crippen molar-refractivity contribution in [2.75, 3.05) is 0 Å². The molecule has 0 atom stereocenters. The number of halogens is 1. The highest BCUT2D eigenvalue weighted by atomic mass is 35.5. The van der Waals surface area contributed by atoms with Gasteiger partial charge in [0.05, 0.1) is 12.4 Å². The quantitative estimate of drug-likeness (QED) is 0.884. The minimum atomic E-state index is 0.345. The summed E-state index contributed by atoms with van der Waals surface area (Å²) in [6, 6.07) is 1.76. The first-order valence-electron chi connectivity index (χ1n) is 4.70. The lowest BCUT2D eigenvalue weighted by Crippen LogP contribution is -1.99. The van der Waals surface area contributed by atoms with E-state index in [1.807, 2.05) is 0 Å². The normalized spacial score (nSPS) is 10.4. The van der Waals surface area contributed by atoms with Crippen LogP contribution in [0.3, 0.4) is 0 Å². The SMILES string of the molecule is Cn1cc(Oc2nccc(CN)c2Cl)cn1. The van der Waals surface area contributed by atoms with Gasteiger partial charge in [0.1, 0.15) is 5.02 Å². The van der Waals surface area contributed by atoms with E-state index in [1.54, 1.807) is 36.4 Å². The van der Waals surface area contributed by atoms with E-state index in [2.05, 4.69) is 10.1 Å². The number of aryl methyl sites for hydroxylation is 1. The standard InChI is InChI=1S/C10H11ClN4O/c1-15-6-8(5-14-15)16-10-9(11)7(4-12)2-3-13-10/h2-3,5-6H,4,12H2,1H3. The van der Waals surface area contributed by atoms with Gasteiger partial charge in [-0.1, -0.05) is 11.6 Å². The third-order valence-corrected chi connectivity index (χ3v) is 2.46. The van der Waals surface area contributed by atoms with Crippen LogP contribution in [0.2, 0.25) is 5.02 Å². The first-order valence-corrected chi connectivity index (χ1v) is 5.08. The Morgan fingerprint density at radius 1 is 1.56 bits per heavy atom. The third kappa shape index (κ3) is 2.15. The summed E-state index contributed by atoms with van der Waals surface area (Å²) in [5.41, 5.74) is 6.33. The second-order valence-corrected chi connectivity index (χ2v) is 3.62. The molecular formula is C10H11ClN4O. The van der Waals surface area contributed by atoms with Crippen LogP contribution in [0.15, 0.2) is 24.7 Å². The molecule has 0 saturated carbocycles. The van der Waals surface area contributed by atoms with Crippen molar-refractivity contribution in [3.8, 4) is 11.6 Å². The van der Waals surface area contributed by atoms with Crippen molar-refractivity contribution in [2.45, 2.75) is 6.54 Å². The lowest BCUT2D eigenvalue weighted by atomic mass is 10.3. The molecule has 2 heterocycles. The summed E-state index contributed by atoms with van der Waals surface area (Å²) in [6.45, 7) is 0.352. The Labute approximate surface area is 97.8 Å². The van der Waals surface area contributed by atoms with Crippen LogP contribution in [0, 0.1) is 0 Å². The van der Waals surface area contributed by atoms with Gasteiger partial charge < -0.3 is 10.5 Å². The van der Waals surface area contributed by atoms with E-state index >= 15 is 0 Å². The second-order valence-electron chi connectivity index (χ2n) is 3.25. The Hall–Kier alpha value is -1.59. The second kappa shape index (κ2) is 4.51. The molecule has 0 bridgehead atoms. The van der Waals surface area contributed by atoms with Gasteiger partial charge in [0.15, 0.2) is 5.75 Å². The van der Waals surface area contributed by atoms with Crippen molar-refractivity contribution in [3.63, 3.8) is 0 Å². The van der Waals surface area contributed by atoms with E-state index in [0.717, 1.165) is 5.56 Å². The maximum atomic E-state index is 6.07. The highest BCUT2D eigenvalue weighted by Gasteiger charge is 2.09. The Bertz CT molecular complexity index is 497. The van der Waals surface area contributed by atoms with E-state index in [0.29, 0.717) is 23.2 Å². The van der Waals surface area contributed by atoms with Crippen LogP contribution in [-0.4, -0.2) is 14.8 Å². The van der Waals surface area contributed by atoms with Crippen LogP contribution >= 0.6 is 11.6 Å². The van der Waals surface area contributed by atoms with E-state index < -0.39 is 0 Å². The zero-order chi connectivity index (χ0) is 11.5. The van der Waals surface area contributed by atoms with Gasteiger partial charge >= 0.3 is 0 Å². The summed E-state index contributed by atoms with van der Waals surface area (Å²) in [5.74, 6) is 0.934. The van der Waals surface area contributed by atoms with Gasteiger partial charge in [0.25, 0.3) is 0 Å². The Morgan fingerprint density at radius 2 is 2.38 bits per heavy atom. The van der Waals surface area contributed by atoms with Gasteiger partial charge in [-0.25, -0.2) is 4.98 Å². The van der Waals surface area contributed by atoms with Gasteiger partial charge in [-0.2, -0.15) is 5.10 Å². The molecule has 2 N–H and O–H groups in total. The monoisotopic (exact) mass is 238 g/mol. The van der Waals surface area contributed by atoms with Crippen LogP contribution in [0.1, 0.15) is 5.56 Å². The topological polar surface area (TPSA) is 66.0 Å². The van der Waals surface area contributed by atoms with Crippen molar-refractivity contribution >= 4 is 11.6 Å². The maximum Gasteiger partial charge on any atom is 0.238 e. The predicted molar refractivity (Wildman–Crippen MR) is 60.4 cm³/mol. The fourth-order valence-electron chi connectivity index (χ4n) is 1.25. The summed E-state index contributed by atoms with van der Waals surface area (Å²) in [6.07, 6.45) is 4.93. The molecule has 84 valence electrons. The molecule has 16 heavy (non-hydrogen) atoms. The first-order chi connectivity index (χ1) is 7.70. The van der Waals surface area contributed by atoms with E-state index in [4.69, 9.17) is 22.1 Å². The summed E-state index contributed by atoms with van der Waals surface area (Å²) >= 11 is 6.07. The van der Waals surface area contributed by atoms with Crippen LogP contribution in [0.5, 0.6) is 11.6 Å². The predicted octanol–water partition coefficient (Wildman–Crippen LogP) is 1.72. The molecule has 2 rings (SSSR count). The summed E-state index contributed by atoms with van der Waals surface area (Å²) < 4.78 is 7.13. The molecule has 0 aliphatic carbocycles. The van der Waals surface area contributed by atoms with Crippen molar-refractivity contribution in [3.05, 3.63) is 35.2 Å². The molecule has 0 fully saturated rings. The van der Waals surface area contributed by atoms with Gasteiger partial charge in [-0.05, 0) is 11.6 Å². The molecule has 2 aromatic heterocycles. The smallest absolute Gasteiger partial charge is 0.238 e. The van der Waals surface area contributed by atoms with Crippen LogP contribution < -0.4 is 10.5 Å². The maximum absolute atomic E-state index is 6.07. The van der Waals surface area contributed by atoms with Gasteiger partial charge in [0.2, 0.25) is 5.88 Å². The molecule has 2 aromatic rings. The highest BCUT2D eigenvalue weighted by Crippen LogP contribution is 2.29. The lowest BCUT2D eigenvalue weighted by molar-refractivity contribution is 0.462. The number of pyridine rings is 1. The number of nitrogens with two attached hydrogens (primary N) is 1. The minimum absolute atomic E-state index is 0.345.